The van der Waals surface area contributed by atoms with Crippen molar-refractivity contribution in [3.8, 4) is 11.4 Å². The number of aliphatic hydroxyl groups excluding tert-OH is 1. The first-order valence-electron chi connectivity index (χ1n) is 13.2. The third-order valence-corrected chi connectivity index (χ3v) is 6.94. The van der Waals surface area contributed by atoms with E-state index in [1.807, 2.05) is 80.6 Å². The van der Waals surface area contributed by atoms with Crippen molar-refractivity contribution in [3.05, 3.63) is 78.5 Å². The van der Waals surface area contributed by atoms with Crippen molar-refractivity contribution in [2.24, 2.45) is 0 Å². The fourth-order valence-corrected chi connectivity index (χ4v) is 4.53. The van der Waals surface area contributed by atoms with Gasteiger partial charge in [-0.1, -0.05) is 56.3 Å². The Morgan fingerprint density at radius 2 is 1.72 bits per heavy atom. The van der Waals surface area contributed by atoms with Crippen LogP contribution in [0.4, 0.5) is 16.3 Å². The van der Waals surface area contributed by atoms with E-state index in [0.717, 1.165) is 55.1 Å². The topological polar surface area (TPSA) is 101 Å². The summed E-state index contributed by atoms with van der Waals surface area (Å²) in [5, 5.41) is 22.3. The maximum atomic E-state index is 13.2. The summed E-state index contributed by atoms with van der Waals surface area (Å²) in [6, 6.07) is 22.6. The Balaban J connectivity index is 1.33. The molecule has 3 aromatic carbocycles. The summed E-state index contributed by atoms with van der Waals surface area (Å²) in [6.07, 6.45) is 0. The normalized spacial score (nSPS) is 14.3. The SMILES string of the molecule is CC(C)(CO)c1cc(NC(=O)Nc2ccc(OCCN3CCOCC3)c3ccccc23)n(-c2ccccc2)n1. The lowest BCUT2D eigenvalue weighted by Gasteiger charge is -2.26. The average molecular weight is 530 g/mol. The van der Waals surface area contributed by atoms with Crippen molar-refractivity contribution in [2.75, 3.05) is 56.7 Å². The molecule has 0 radical (unpaired) electrons. The quantitative estimate of drug-likeness (QED) is 0.292. The number of carbonyl (C=O) groups is 1. The van der Waals surface area contributed by atoms with Crippen LogP contribution in [0.3, 0.4) is 0 Å². The molecule has 1 saturated heterocycles. The number of rotatable bonds is 9. The molecule has 1 aromatic heterocycles. The molecule has 9 heteroatoms. The van der Waals surface area contributed by atoms with Crippen LogP contribution in [-0.2, 0) is 10.2 Å². The molecule has 3 N–H and O–H groups in total. The van der Waals surface area contributed by atoms with Gasteiger partial charge in [0.15, 0.2) is 0 Å². The van der Waals surface area contributed by atoms with Crippen LogP contribution in [0.2, 0.25) is 0 Å². The zero-order valence-electron chi connectivity index (χ0n) is 22.4. The highest BCUT2D eigenvalue weighted by atomic mass is 16.5. The molecule has 4 aromatic rings. The van der Waals surface area contributed by atoms with Gasteiger partial charge in [-0.3, -0.25) is 10.2 Å². The number of amides is 2. The number of ether oxygens (including phenoxy) is 2. The highest BCUT2D eigenvalue weighted by molar-refractivity contribution is 6.07. The van der Waals surface area contributed by atoms with Gasteiger partial charge in [0.1, 0.15) is 18.2 Å². The molecule has 0 atom stereocenters. The van der Waals surface area contributed by atoms with Gasteiger partial charge in [0.2, 0.25) is 0 Å². The highest BCUT2D eigenvalue weighted by Crippen LogP contribution is 2.32. The van der Waals surface area contributed by atoms with Crippen molar-refractivity contribution < 1.29 is 19.4 Å². The number of hydrogen-bond donors (Lipinski definition) is 3. The molecule has 0 spiro atoms. The minimum Gasteiger partial charge on any atom is -0.492 e. The van der Waals surface area contributed by atoms with Crippen LogP contribution in [0.1, 0.15) is 19.5 Å². The molecule has 5 rings (SSSR count). The minimum atomic E-state index is -0.569. The van der Waals surface area contributed by atoms with Crippen LogP contribution in [0.5, 0.6) is 5.75 Å². The summed E-state index contributed by atoms with van der Waals surface area (Å²) >= 11 is 0. The van der Waals surface area contributed by atoms with Crippen molar-refractivity contribution in [2.45, 2.75) is 19.3 Å². The third kappa shape index (κ3) is 6.22. The van der Waals surface area contributed by atoms with Crippen LogP contribution < -0.4 is 15.4 Å². The highest BCUT2D eigenvalue weighted by Gasteiger charge is 2.25. The molecule has 0 aliphatic carbocycles. The predicted molar refractivity (Wildman–Crippen MR) is 153 cm³/mol. The Kier molecular flexibility index (Phi) is 8.11. The van der Waals surface area contributed by atoms with Gasteiger partial charge in [0, 0.05) is 41.9 Å². The Bertz CT molecular complexity index is 1410. The fraction of sp³-hybridized carbons (Fsp3) is 0.333. The van der Waals surface area contributed by atoms with Crippen LogP contribution in [0.15, 0.2) is 72.8 Å². The second-order valence-electron chi connectivity index (χ2n) is 10.2. The molecular formula is C30H35N5O4. The first kappa shape index (κ1) is 26.7. The largest absolute Gasteiger partial charge is 0.492 e. The first-order valence-corrected chi connectivity index (χ1v) is 13.2. The minimum absolute atomic E-state index is 0.0721. The number of urea groups is 1. The van der Waals surface area contributed by atoms with Gasteiger partial charge >= 0.3 is 6.03 Å². The molecule has 1 aliphatic heterocycles. The summed E-state index contributed by atoms with van der Waals surface area (Å²) < 4.78 is 13.2. The van der Waals surface area contributed by atoms with E-state index in [2.05, 4.69) is 15.5 Å². The molecule has 204 valence electrons. The van der Waals surface area contributed by atoms with Gasteiger partial charge in [-0.05, 0) is 24.3 Å². The van der Waals surface area contributed by atoms with E-state index in [-0.39, 0.29) is 6.61 Å². The molecule has 1 fully saturated rings. The van der Waals surface area contributed by atoms with Gasteiger partial charge in [-0.2, -0.15) is 5.10 Å². The smallest absolute Gasteiger partial charge is 0.324 e. The van der Waals surface area contributed by atoms with E-state index in [4.69, 9.17) is 14.6 Å². The number of hydrogen-bond acceptors (Lipinski definition) is 6. The predicted octanol–water partition coefficient (Wildman–Crippen LogP) is 4.65. The molecule has 0 bridgehead atoms. The number of nitrogens with zero attached hydrogens (tertiary/aromatic N) is 3. The molecule has 39 heavy (non-hydrogen) atoms. The number of aromatic nitrogens is 2. The number of para-hydroxylation sites is 1. The first-order chi connectivity index (χ1) is 18.9. The molecule has 0 saturated carbocycles. The molecule has 0 unspecified atom stereocenters. The Labute approximate surface area is 228 Å². The maximum Gasteiger partial charge on any atom is 0.324 e. The molecule has 2 heterocycles. The lowest BCUT2D eigenvalue weighted by atomic mass is 9.91. The second kappa shape index (κ2) is 11.9. The standard InChI is InChI=1S/C30H35N5O4/c1-30(2,21-36)27-20-28(35(33-27)22-8-4-3-5-9-22)32-29(37)31-25-12-13-26(24-11-7-6-10-23(24)25)39-19-16-34-14-17-38-18-15-34/h3-13,20,36H,14-19,21H2,1-2H3,(H2,31,32,37). The van der Waals surface area contributed by atoms with E-state index < -0.39 is 11.4 Å². The zero-order chi connectivity index (χ0) is 27.2. The number of nitrogens with one attached hydrogen (secondary N) is 2. The zero-order valence-corrected chi connectivity index (χ0v) is 22.4. The van der Waals surface area contributed by atoms with E-state index >= 15 is 0 Å². The van der Waals surface area contributed by atoms with E-state index in [9.17, 15) is 9.90 Å². The summed E-state index contributed by atoms with van der Waals surface area (Å²) in [4.78, 5) is 15.5. The molecule has 2 amide bonds. The summed E-state index contributed by atoms with van der Waals surface area (Å²) in [5.74, 6) is 1.28. The van der Waals surface area contributed by atoms with Crippen LogP contribution in [-0.4, -0.2) is 71.9 Å². The number of benzene rings is 3. The van der Waals surface area contributed by atoms with E-state index in [1.165, 1.54) is 0 Å². The number of carbonyl (C=O) groups excluding carboxylic acids is 1. The van der Waals surface area contributed by atoms with Gasteiger partial charge in [-0.25, -0.2) is 9.48 Å². The van der Waals surface area contributed by atoms with Crippen molar-refractivity contribution in [1.29, 1.82) is 0 Å². The summed E-state index contributed by atoms with van der Waals surface area (Å²) in [6.45, 7) is 8.52. The lowest BCUT2D eigenvalue weighted by molar-refractivity contribution is 0.0323. The Hall–Kier alpha value is -3.92. The van der Waals surface area contributed by atoms with E-state index in [0.29, 0.717) is 23.8 Å². The average Bonchev–Trinajstić information content (AvgIpc) is 3.39. The Morgan fingerprint density at radius 3 is 2.46 bits per heavy atom. The van der Waals surface area contributed by atoms with Crippen LogP contribution in [0, 0.1) is 0 Å². The third-order valence-electron chi connectivity index (χ3n) is 6.94. The van der Waals surface area contributed by atoms with Crippen molar-refractivity contribution in [1.82, 2.24) is 14.7 Å². The lowest BCUT2D eigenvalue weighted by Crippen LogP contribution is -2.38. The molecule has 1 aliphatic rings. The molecule has 9 nitrogen and oxygen atoms in total. The van der Waals surface area contributed by atoms with Crippen LogP contribution >= 0.6 is 0 Å². The fourth-order valence-electron chi connectivity index (χ4n) is 4.53. The van der Waals surface area contributed by atoms with Gasteiger partial charge in [0.25, 0.3) is 0 Å². The second-order valence-corrected chi connectivity index (χ2v) is 10.2. The molecular weight excluding hydrogens is 494 g/mol. The Morgan fingerprint density at radius 1 is 1.00 bits per heavy atom. The number of anilines is 2. The monoisotopic (exact) mass is 529 g/mol. The van der Waals surface area contributed by atoms with Crippen LogP contribution in [0.25, 0.3) is 16.5 Å². The van der Waals surface area contributed by atoms with Crippen molar-refractivity contribution in [3.63, 3.8) is 0 Å². The van der Waals surface area contributed by atoms with Gasteiger partial charge in [0.05, 0.1) is 36.9 Å². The van der Waals surface area contributed by atoms with Gasteiger partial charge in [-0.15, -0.1) is 0 Å². The maximum absolute atomic E-state index is 13.2. The summed E-state index contributed by atoms with van der Waals surface area (Å²) in [7, 11) is 0. The number of morpholine rings is 1. The van der Waals surface area contributed by atoms with E-state index in [1.54, 1.807) is 10.7 Å². The van der Waals surface area contributed by atoms with Crippen molar-refractivity contribution >= 4 is 28.3 Å². The summed E-state index contributed by atoms with van der Waals surface area (Å²) in [5.41, 5.74) is 1.58. The van der Waals surface area contributed by atoms with Gasteiger partial charge < -0.3 is 19.9 Å². The number of fused-ring (bicyclic) bond motifs is 1. The number of aliphatic hydroxyl groups is 1.